The van der Waals surface area contributed by atoms with Gasteiger partial charge in [0.05, 0.1) is 11.6 Å². The molecule has 2 saturated carbocycles. The average molecular weight is 437 g/mol. The fourth-order valence-corrected chi connectivity index (χ4v) is 4.75. The molecule has 1 atom stereocenters. The molecule has 0 radical (unpaired) electrons. The molecule has 168 valence electrons. The van der Waals surface area contributed by atoms with Gasteiger partial charge < -0.3 is 10.2 Å². The third kappa shape index (κ3) is 4.14. The lowest BCUT2D eigenvalue weighted by Crippen LogP contribution is -2.49. The molecule has 3 fully saturated rings. The minimum atomic E-state index is -4.47. The van der Waals surface area contributed by atoms with E-state index in [2.05, 4.69) is 5.32 Å². The number of carbonyl (C=O) groups excluding carboxylic acids is 3. The van der Waals surface area contributed by atoms with Crippen molar-refractivity contribution in [3.05, 3.63) is 35.4 Å². The van der Waals surface area contributed by atoms with E-state index in [0.29, 0.717) is 18.4 Å². The first-order valence-corrected chi connectivity index (χ1v) is 10.7. The van der Waals surface area contributed by atoms with Crippen LogP contribution in [0.3, 0.4) is 0 Å². The van der Waals surface area contributed by atoms with Crippen molar-refractivity contribution < 1.29 is 27.6 Å². The first-order chi connectivity index (χ1) is 14.6. The van der Waals surface area contributed by atoms with Crippen LogP contribution in [0.15, 0.2) is 24.3 Å². The second-order valence-electron chi connectivity index (χ2n) is 8.80. The van der Waals surface area contributed by atoms with Gasteiger partial charge >= 0.3 is 12.2 Å². The van der Waals surface area contributed by atoms with Crippen molar-refractivity contribution in [3.63, 3.8) is 0 Å². The molecule has 1 N–H and O–H groups in total. The average Bonchev–Trinajstić information content (AvgIpc) is 3.53. The molecule has 9 heteroatoms. The SMILES string of the molecule is CC(c1cccc(C(F)(F)F)c1)N(C(=O)CN1C(=O)NC2(CCCCC2)C1=O)C1CC1. The van der Waals surface area contributed by atoms with E-state index in [1.54, 1.807) is 13.0 Å². The fourth-order valence-electron chi connectivity index (χ4n) is 4.75. The van der Waals surface area contributed by atoms with Crippen molar-refractivity contribution >= 4 is 17.8 Å². The summed E-state index contributed by atoms with van der Waals surface area (Å²) in [6.45, 7) is 1.28. The number of benzene rings is 1. The number of halogens is 3. The van der Waals surface area contributed by atoms with Crippen LogP contribution in [0.25, 0.3) is 0 Å². The molecule has 1 heterocycles. The number of nitrogens with zero attached hydrogens (tertiary/aromatic N) is 2. The smallest absolute Gasteiger partial charge is 0.331 e. The van der Waals surface area contributed by atoms with Gasteiger partial charge in [-0.2, -0.15) is 13.2 Å². The summed E-state index contributed by atoms with van der Waals surface area (Å²) in [5.74, 6) is -0.795. The predicted octanol–water partition coefficient (Wildman–Crippen LogP) is 4.01. The molecule has 1 aromatic rings. The number of alkyl halides is 3. The van der Waals surface area contributed by atoms with E-state index in [4.69, 9.17) is 0 Å². The van der Waals surface area contributed by atoms with Crippen LogP contribution in [-0.2, 0) is 15.8 Å². The van der Waals surface area contributed by atoms with Crippen molar-refractivity contribution in [2.24, 2.45) is 0 Å². The molecular weight excluding hydrogens is 411 g/mol. The second-order valence-corrected chi connectivity index (χ2v) is 8.80. The number of rotatable bonds is 5. The highest BCUT2D eigenvalue weighted by Crippen LogP contribution is 2.38. The Hall–Kier alpha value is -2.58. The molecule has 6 nitrogen and oxygen atoms in total. The van der Waals surface area contributed by atoms with E-state index >= 15 is 0 Å². The van der Waals surface area contributed by atoms with Crippen molar-refractivity contribution in [2.75, 3.05) is 6.54 Å². The maximum Gasteiger partial charge on any atom is 0.416 e. The number of hydrogen-bond acceptors (Lipinski definition) is 3. The zero-order valence-corrected chi connectivity index (χ0v) is 17.4. The highest BCUT2D eigenvalue weighted by molar-refractivity contribution is 6.09. The molecule has 1 aromatic carbocycles. The lowest BCUT2D eigenvalue weighted by Gasteiger charge is -2.32. The standard InChI is InChI=1S/C22H26F3N3O3/c1-14(15-6-5-7-16(12-15)22(23,24)25)28(17-8-9-17)18(29)13-27-19(30)21(26-20(27)31)10-3-2-4-11-21/h5-7,12,14,17H,2-4,8-11,13H2,1H3,(H,26,31). The van der Waals surface area contributed by atoms with Crippen LogP contribution < -0.4 is 5.32 Å². The van der Waals surface area contributed by atoms with Crippen LogP contribution in [-0.4, -0.2) is 45.8 Å². The summed E-state index contributed by atoms with van der Waals surface area (Å²) >= 11 is 0. The van der Waals surface area contributed by atoms with Crippen molar-refractivity contribution in [3.8, 4) is 0 Å². The summed E-state index contributed by atoms with van der Waals surface area (Å²) in [5, 5.41) is 2.78. The Labute approximate surface area is 178 Å². The van der Waals surface area contributed by atoms with Crippen LogP contribution in [0.1, 0.15) is 69.0 Å². The van der Waals surface area contributed by atoms with Gasteiger partial charge in [-0.05, 0) is 50.3 Å². The van der Waals surface area contributed by atoms with Gasteiger partial charge in [0.25, 0.3) is 5.91 Å². The van der Waals surface area contributed by atoms with Gasteiger partial charge in [0, 0.05) is 6.04 Å². The summed E-state index contributed by atoms with van der Waals surface area (Å²) < 4.78 is 39.4. The maximum absolute atomic E-state index is 13.2. The quantitative estimate of drug-likeness (QED) is 0.708. The van der Waals surface area contributed by atoms with Gasteiger partial charge in [-0.25, -0.2) is 4.79 Å². The number of carbonyl (C=O) groups is 3. The molecule has 0 bridgehead atoms. The third-order valence-electron chi connectivity index (χ3n) is 6.59. The van der Waals surface area contributed by atoms with Gasteiger partial charge in [-0.15, -0.1) is 0 Å². The largest absolute Gasteiger partial charge is 0.416 e. The molecule has 3 aliphatic rings. The third-order valence-corrected chi connectivity index (χ3v) is 6.59. The Balaban J connectivity index is 1.52. The molecule has 1 unspecified atom stereocenters. The highest BCUT2D eigenvalue weighted by Gasteiger charge is 2.52. The van der Waals surface area contributed by atoms with E-state index in [0.717, 1.165) is 49.1 Å². The fraction of sp³-hybridized carbons (Fsp3) is 0.591. The topological polar surface area (TPSA) is 69.7 Å². The first kappa shape index (κ1) is 21.6. The lowest BCUT2D eigenvalue weighted by atomic mass is 9.82. The van der Waals surface area contributed by atoms with Crippen LogP contribution in [0.5, 0.6) is 0 Å². The molecule has 2 aliphatic carbocycles. The summed E-state index contributed by atoms with van der Waals surface area (Å²) in [7, 11) is 0. The minimum Gasteiger partial charge on any atom is -0.331 e. The summed E-state index contributed by atoms with van der Waals surface area (Å²) in [6.07, 6.45) is 0.845. The Morgan fingerprint density at radius 2 is 1.90 bits per heavy atom. The lowest BCUT2D eigenvalue weighted by molar-refractivity contribution is -0.141. The number of imide groups is 1. The zero-order valence-electron chi connectivity index (χ0n) is 17.4. The number of nitrogens with one attached hydrogen (secondary N) is 1. The van der Waals surface area contributed by atoms with Gasteiger partial charge in [0.1, 0.15) is 12.1 Å². The molecular formula is C22H26F3N3O3. The molecule has 4 rings (SSSR count). The van der Waals surface area contributed by atoms with E-state index in [9.17, 15) is 27.6 Å². The Morgan fingerprint density at radius 3 is 2.52 bits per heavy atom. The number of urea groups is 1. The Bertz CT molecular complexity index is 891. The minimum absolute atomic E-state index is 0.0959. The first-order valence-electron chi connectivity index (χ1n) is 10.7. The van der Waals surface area contributed by atoms with Gasteiger partial charge in [-0.3, -0.25) is 14.5 Å². The van der Waals surface area contributed by atoms with Gasteiger partial charge in [0.15, 0.2) is 0 Å². The van der Waals surface area contributed by atoms with E-state index < -0.39 is 41.8 Å². The van der Waals surface area contributed by atoms with Crippen molar-refractivity contribution in [2.45, 2.75) is 75.7 Å². The van der Waals surface area contributed by atoms with Crippen molar-refractivity contribution in [1.29, 1.82) is 0 Å². The molecule has 1 saturated heterocycles. The van der Waals surface area contributed by atoms with Gasteiger partial charge in [0.2, 0.25) is 5.91 Å². The molecule has 1 spiro atoms. The molecule has 0 aromatic heterocycles. The Kier molecular flexibility index (Phi) is 5.47. The van der Waals surface area contributed by atoms with Gasteiger partial charge in [-0.1, -0.05) is 31.4 Å². The summed E-state index contributed by atoms with van der Waals surface area (Å²) in [5.41, 5.74) is -1.31. The van der Waals surface area contributed by atoms with Crippen LogP contribution >= 0.6 is 0 Å². The normalized spacial score (nSPS) is 21.9. The highest BCUT2D eigenvalue weighted by atomic mass is 19.4. The van der Waals surface area contributed by atoms with E-state index in [1.165, 1.54) is 11.0 Å². The number of hydrogen-bond donors (Lipinski definition) is 1. The summed E-state index contributed by atoms with van der Waals surface area (Å²) in [6, 6.07) is 3.67. The predicted molar refractivity (Wildman–Crippen MR) is 106 cm³/mol. The zero-order chi connectivity index (χ0) is 22.4. The Morgan fingerprint density at radius 1 is 1.23 bits per heavy atom. The van der Waals surface area contributed by atoms with Crippen LogP contribution in [0, 0.1) is 0 Å². The summed E-state index contributed by atoms with van der Waals surface area (Å²) in [4.78, 5) is 41.1. The second kappa shape index (κ2) is 7.84. The van der Waals surface area contributed by atoms with Crippen molar-refractivity contribution in [1.82, 2.24) is 15.1 Å². The number of amides is 4. The maximum atomic E-state index is 13.2. The molecule has 4 amide bonds. The molecule has 1 aliphatic heterocycles. The van der Waals surface area contributed by atoms with E-state index in [-0.39, 0.29) is 11.9 Å². The molecule has 31 heavy (non-hydrogen) atoms. The monoisotopic (exact) mass is 437 g/mol. The van der Waals surface area contributed by atoms with Crippen LogP contribution in [0.4, 0.5) is 18.0 Å². The van der Waals surface area contributed by atoms with Crippen LogP contribution in [0.2, 0.25) is 0 Å². The van der Waals surface area contributed by atoms with E-state index in [1.807, 2.05) is 0 Å².